The van der Waals surface area contributed by atoms with Crippen LogP contribution in [0, 0.1) is 18.3 Å². The van der Waals surface area contributed by atoms with Gasteiger partial charge in [-0.2, -0.15) is 0 Å². The van der Waals surface area contributed by atoms with Gasteiger partial charge >= 0.3 is 0 Å². The molecule has 0 spiro atoms. The summed E-state index contributed by atoms with van der Waals surface area (Å²) in [6.45, 7) is 6.69. The first-order valence-electron chi connectivity index (χ1n) is 7.84. The second-order valence-electron chi connectivity index (χ2n) is 7.12. The van der Waals surface area contributed by atoms with Crippen molar-refractivity contribution in [2.75, 3.05) is 7.11 Å². The van der Waals surface area contributed by atoms with E-state index in [1.165, 1.54) is 16.7 Å². The monoisotopic (exact) mass is 284 g/mol. The fourth-order valence-electron chi connectivity index (χ4n) is 3.90. The van der Waals surface area contributed by atoms with Crippen LogP contribution in [0.1, 0.15) is 49.8 Å². The van der Waals surface area contributed by atoms with Gasteiger partial charge in [-0.15, -0.1) is 0 Å². The van der Waals surface area contributed by atoms with E-state index in [2.05, 4.69) is 39.0 Å². The number of aryl methyl sites for hydroxylation is 2. The highest BCUT2D eigenvalue weighted by Crippen LogP contribution is 2.47. The number of allylic oxidation sites excluding steroid dienone is 1. The number of carbonyl (C=O) groups is 1. The van der Waals surface area contributed by atoms with Gasteiger partial charge in [0.15, 0.2) is 5.78 Å². The van der Waals surface area contributed by atoms with Crippen molar-refractivity contribution < 1.29 is 9.53 Å². The molecule has 0 bridgehead atoms. The zero-order valence-electron chi connectivity index (χ0n) is 13.5. The molecular weight excluding hydrogens is 260 g/mol. The van der Waals surface area contributed by atoms with Gasteiger partial charge in [-0.1, -0.05) is 19.9 Å². The highest BCUT2D eigenvalue weighted by atomic mass is 16.5. The standard InChI is InChI=1S/C19H24O2/c1-12-9-13-5-6-16-15(10-14(13)11-18(12)21-4)17(20)7-8-19(16,2)3/h9-11,16H,5-8H2,1-4H3. The lowest BCUT2D eigenvalue weighted by atomic mass is 9.64. The van der Waals surface area contributed by atoms with Crippen LogP contribution in [0.4, 0.5) is 0 Å². The summed E-state index contributed by atoms with van der Waals surface area (Å²) in [7, 11) is 1.70. The molecule has 0 aromatic heterocycles. The van der Waals surface area contributed by atoms with Gasteiger partial charge in [-0.05, 0) is 71.9 Å². The van der Waals surface area contributed by atoms with Crippen LogP contribution >= 0.6 is 0 Å². The highest BCUT2D eigenvalue weighted by molar-refractivity contribution is 6.01. The summed E-state index contributed by atoms with van der Waals surface area (Å²) in [4.78, 5) is 12.4. The van der Waals surface area contributed by atoms with Crippen molar-refractivity contribution in [3.05, 3.63) is 34.4 Å². The molecule has 112 valence electrons. The Morgan fingerprint density at radius 3 is 2.71 bits per heavy atom. The van der Waals surface area contributed by atoms with Crippen molar-refractivity contribution in [3.8, 4) is 5.75 Å². The number of hydrogen-bond acceptors (Lipinski definition) is 2. The van der Waals surface area contributed by atoms with E-state index in [0.717, 1.165) is 30.6 Å². The molecule has 0 radical (unpaired) electrons. The van der Waals surface area contributed by atoms with Crippen molar-refractivity contribution in [2.24, 2.45) is 11.3 Å². The number of hydrogen-bond donors (Lipinski definition) is 0. The number of Topliss-reactive ketones (excluding diaryl/α,β-unsaturated/α-hetero) is 1. The fourth-order valence-corrected chi connectivity index (χ4v) is 3.90. The van der Waals surface area contributed by atoms with Gasteiger partial charge < -0.3 is 4.74 Å². The van der Waals surface area contributed by atoms with Gasteiger partial charge in [0.1, 0.15) is 5.75 Å². The van der Waals surface area contributed by atoms with E-state index in [1.54, 1.807) is 7.11 Å². The van der Waals surface area contributed by atoms with Gasteiger partial charge in [0, 0.05) is 6.42 Å². The van der Waals surface area contributed by atoms with Gasteiger partial charge in [0.05, 0.1) is 7.11 Å². The Morgan fingerprint density at radius 2 is 2.00 bits per heavy atom. The smallest absolute Gasteiger partial charge is 0.159 e. The average molecular weight is 284 g/mol. The van der Waals surface area contributed by atoms with E-state index in [0.29, 0.717) is 18.1 Å². The number of ketones is 1. The molecule has 1 aromatic carbocycles. The van der Waals surface area contributed by atoms with Crippen LogP contribution in [0.3, 0.4) is 0 Å². The molecule has 0 heterocycles. The van der Waals surface area contributed by atoms with Crippen LogP contribution in [0.25, 0.3) is 6.08 Å². The maximum Gasteiger partial charge on any atom is 0.159 e. The molecule has 2 nitrogen and oxygen atoms in total. The van der Waals surface area contributed by atoms with Crippen LogP contribution in [-0.4, -0.2) is 12.9 Å². The minimum atomic E-state index is 0.223. The molecule has 2 aliphatic carbocycles. The molecule has 1 fully saturated rings. The lowest BCUT2D eigenvalue weighted by Gasteiger charge is -2.39. The van der Waals surface area contributed by atoms with Crippen LogP contribution in [-0.2, 0) is 11.2 Å². The minimum absolute atomic E-state index is 0.223. The molecule has 2 heteroatoms. The van der Waals surface area contributed by atoms with Crippen molar-refractivity contribution in [2.45, 2.75) is 46.5 Å². The van der Waals surface area contributed by atoms with E-state index >= 15 is 0 Å². The van der Waals surface area contributed by atoms with E-state index in [-0.39, 0.29) is 5.41 Å². The molecule has 0 aliphatic heterocycles. The highest BCUT2D eigenvalue weighted by Gasteiger charge is 2.40. The van der Waals surface area contributed by atoms with Crippen LogP contribution in [0.5, 0.6) is 5.75 Å². The second-order valence-corrected chi connectivity index (χ2v) is 7.12. The zero-order valence-corrected chi connectivity index (χ0v) is 13.5. The van der Waals surface area contributed by atoms with Crippen molar-refractivity contribution >= 4 is 11.9 Å². The minimum Gasteiger partial charge on any atom is -0.496 e. The Balaban J connectivity index is 2.11. The van der Waals surface area contributed by atoms with Gasteiger partial charge in [-0.25, -0.2) is 0 Å². The molecule has 1 aromatic rings. The summed E-state index contributed by atoms with van der Waals surface area (Å²) in [5.74, 6) is 1.63. The Kier molecular flexibility index (Phi) is 3.43. The third kappa shape index (κ3) is 2.41. The molecule has 3 rings (SSSR count). The average Bonchev–Trinajstić information content (AvgIpc) is 2.62. The largest absolute Gasteiger partial charge is 0.496 e. The summed E-state index contributed by atoms with van der Waals surface area (Å²) >= 11 is 0. The van der Waals surface area contributed by atoms with E-state index in [4.69, 9.17) is 4.74 Å². The number of rotatable bonds is 1. The number of carbonyl (C=O) groups excluding carboxylic acids is 1. The molecule has 0 N–H and O–H groups in total. The summed E-state index contributed by atoms with van der Waals surface area (Å²) in [5, 5.41) is 0. The molecule has 2 aliphatic rings. The lowest BCUT2D eigenvalue weighted by Crippen LogP contribution is -2.34. The van der Waals surface area contributed by atoms with Crippen molar-refractivity contribution in [1.82, 2.24) is 0 Å². The first kappa shape index (κ1) is 14.4. The van der Waals surface area contributed by atoms with E-state index in [9.17, 15) is 4.79 Å². The number of fused-ring (bicyclic) bond motifs is 2. The molecule has 0 amide bonds. The van der Waals surface area contributed by atoms with Crippen molar-refractivity contribution in [1.29, 1.82) is 0 Å². The number of methoxy groups -OCH3 is 1. The molecule has 1 atom stereocenters. The molecule has 21 heavy (non-hydrogen) atoms. The SMILES string of the molecule is COc1cc2c(cc1C)CCC1C(=C2)C(=O)CCC1(C)C. The van der Waals surface area contributed by atoms with E-state index < -0.39 is 0 Å². The summed E-state index contributed by atoms with van der Waals surface area (Å²) in [6, 6.07) is 4.31. The third-order valence-electron chi connectivity index (χ3n) is 5.31. The summed E-state index contributed by atoms with van der Waals surface area (Å²) in [5.41, 5.74) is 4.95. The topological polar surface area (TPSA) is 26.3 Å². The zero-order chi connectivity index (χ0) is 15.2. The van der Waals surface area contributed by atoms with Gasteiger partial charge in [0.25, 0.3) is 0 Å². The fraction of sp³-hybridized carbons (Fsp3) is 0.526. The first-order chi connectivity index (χ1) is 9.92. The maximum atomic E-state index is 12.4. The Morgan fingerprint density at radius 1 is 1.24 bits per heavy atom. The summed E-state index contributed by atoms with van der Waals surface area (Å²) in [6.07, 6.45) is 5.95. The van der Waals surface area contributed by atoms with Crippen LogP contribution < -0.4 is 4.74 Å². The maximum absolute atomic E-state index is 12.4. The Labute approximate surface area is 127 Å². The quantitative estimate of drug-likeness (QED) is 0.767. The van der Waals surface area contributed by atoms with E-state index in [1.807, 2.05) is 0 Å². The Hall–Kier alpha value is -1.57. The molecule has 1 unspecified atom stereocenters. The van der Waals surface area contributed by atoms with Crippen LogP contribution in [0.15, 0.2) is 17.7 Å². The lowest BCUT2D eigenvalue weighted by molar-refractivity contribution is -0.118. The predicted molar refractivity (Wildman–Crippen MR) is 85.5 cm³/mol. The van der Waals surface area contributed by atoms with Crippen molar-refractivity contribution in [3.63, 3.8) is 0 Å². The molecular formula is C19H24O2. The number of benzene rings is 1. The third-order valence-corrected chi connectivity index (χ3v) is 5.31. The molecule has 0 saturated heterocycles. The molecule has 1 saturated carbocycles. The van der Waals surface area contributed by atoms with Gasteiger partial charge in [-0.3, -0.25) is 4.79 Å². The normalized spacial score (nSPS) is 23.7. The predicted octanol–water partition coefficient (Wildman–Crippen LogP) is 4.34. The van der Waals surface area contributed by atoms with Gasteiger partial charge in [0.2, 0.25) is 0 Å². The second kappa shape index (κ2) is 5.01. The number of ether oxygens (including phenoxy) is 1. The summed E-state index contributed by atoms with van der Waals surface area (Å²) < 4.78 is 5.44. The van der Waals surface area contributed by atoms with Crippen LogP contribution in [0.2, 0.25) is 0 Å². The first-order valence-corrected chi connectivity index (χ1v) is 7.84. The Bertz CT molecular complexity index is 623.